The molecule has 19 heavy (non-hydrogen) atoms. The van der Waals surface area contributed by atoms with Crippen molar-refractivity contribution >= 4 is 11.6 Å². The lowest BCUT2D eigenvalue weighted by Crippen LogP contribution is -2.33. The Bertz CT molecular complexity index is 448. The van der Waals surface area contributed by atoms with Gasteiger partial charge in [-0.1, -0.05) is 17.7 Å². The van der Waals surface area contributed by atoms with Gasteiger partial charge in [-0.15, -0.1) is 0 Å². The summed E-state index contributed by atoms with van der Waals surface area (Å²) in [6.07, 6.45) is 3.95. The molecule has 1 heterocycles. The molecule has 2 aliphatic rings. The molecule has 1 unspecified atom stereocenters. The SMILES string of the molecule is COc1cccc(Cl)c1CN1CCC(NC2CC2)C1. The van der Waals surface area contributed by atoms with Crippen LogP contribution in [0.15, 0.2) is 18.2 Å². The van der Waals surface area contributed by atoms with Crippen LogP contribution in [0.1, 0.15) is 24.8 Å². The van der Waals surface area contributed by atoms with Gasteiger partial charge in [0, 0.05) is 42.3 Å². The van der Waals surface area contributed by atoms with Crippen LogP contribution in [0.3, 0.4) is 0 Å². The molecule has 3 nitrogen and oxygen atoms in total. The molecule has 1 saturated carbocycles. The average molecular weight is 281 g/mol. The Morgan fingerprint density at radius 1 is 1.32 bits per heavy atom. The zero-order valence-electron chi connectivity index (χ0n) is 11.4. The van der Waals surface area contributed by atoms with E-state index in [9.17, 15) is 0 Å². The third-order valence-corrected chi connectivity index (χ3v) is 4.35. The number of hydrogen-bond donors (Lipinski definition) is 1. The lowest BCUT2D eigenvalue weighted by atomic mass is 10.2. The number of ether oxygens (including phenoxy) is 1. The van der Waals surface area contributed by atoms with Crippen molar-refractivity contribution in [3.05, 3.63) is 28.8 Å². The van der Waals surface area contributed by atoms with Crippen molar-refractivity contribution in [3.8, 4) is 5.75 Å². The molecular weight excluding hydrogens is 260 g/mol. The van der Waals surface area contributed by atoms with E-state index in [0.717, 1.165) is 42.0 Å². The molecule has 104 valence electrons. The van der Waals surface area contributed by atoms with Crippen LogP contribution < -0.4 is 10.1 Å². The Balaban J connectivity index is 1.62. The quantitative estimate of drug-likeness (QED) is 0.897. The number of benzene rings is 1. The maximum absolute atomic E-state index is 6.30. The van der Waals surface area contributed by atoms with Crippen molar-refractivity contribution in [1.29, 1.82) is 0 Å². The maximum Gasteiger partial charge on any atom is 0.124 e. The fourth-order valence-electron chi connectivity index (χ4n) is 2.80. The summed E-state index contributed by atoms with van der Waals surface area (Å²) < 4.78 is 5.41. The van der Waals surface area contributed by atoms with E-state index in [1.165, 1.54) is 19.3 Å². The summed E-state index contributed by atoms with van der Waals surface area (Å²) in [5.74, 6) is 0.895. The minimum absolute atomic E-state index is 0.654. The van der Waals surface area contributed by atoms with Crippen LogP contribution in [0.25, 0.3) is 0 Å². The van der Waals surface area contributed by atoms with Gasteiger partial charge in [0.15, 0.2) is 0 Å². The Morgan fingerprint density at radius 3 is 2.89 bits per heavy atom. The third-order valence-electron chi connectivity index (χ3n) is 4.00. The van der Waals surface area contributed by atoms with Crippen molar-refractivity contribution in [2.24, 2.45) is 0 Å². The molecule has 4 heteroatoms. The number of likely N-dealkylation sites (tertiary alicyclic amines) is 1. The van der Waals surface area contributed by atoms with E-state index in [4.69, 9.17) is 16.3 Å². The number of nitrogens with zero attached hydrogens (tertiary/aromatic N) is 1. The number of rotatable bonds is 5. The minimum Gasteiger partial charge on any atom is -0.496 e. The standard InChI is InChI=1S/C15H21ClN2O/c1-19-15-4-2-3-14(16)13(15)10-18-8-7-12(9-18)17-11-5-6-11/h2-4,11-12,17H,5-10H2,1H3. The monoisotopic (exact) mass is 280 g/mol. The second-order valence-corrected chi connectivity index (χ2v) is 5.99. The highest BCUT2D eigenvalue weighted by molar-refractivity contribution is 6.31. The van der Waals surface area contributed by atoms with Crippen LogP contribution in [0.2, 0.25) is 5.02 Å². The fraction of sp³-hybridized carbons (Fsp3) is 0.600. The van der Waals surface area contributed by atoms with Crippen LogP contribution >= 0.6 is 11.6 Å². The second kappa shape index (κ2) is 5.70. The van der Waals surface area contributed by atoms with Crippen molar-refractivity contribution in [1.82, 2.24) is 10.2 Å². The minimum atomic E-state index is 0.654. The van der Waals surface area contributed by atoms with Gasteiger partial charge in [0.1, 0.15) is 5.75 Å². The van der Waals surface area contributed by atoms with E-state index < -0.39 is 0 Å². The molecule has 1 aliphatic heterocycles. The first-order valence-electron chi connectivity index (χ1n) is 7.06. The van der Waals surface area contributed by atoms with Crippen LogP contribution in [0, 0.1) is 0 Å². The molecule has 0 aromatic heterocycles. The molecule has 2 fully saturated rings. The van der Waals surface area contributed by atoms with Gasteiger partial charge in [-0.05, 0) is 31.4 Å². The first-order chi connectivity index (χ1) is 9.26. The molecule has 0 amide bonds. The van der Waals surface area contributed by atoms with Gasteiger partial charge < -0.3 is 10.1 Å². The molecule has 0 bridgehead atoms. The summed E-state index contributed by atoms with van der Waals surface area (Å²) in [7, 11) is 1.70. The largest absolute Gasteiger partial charge is 0.496 e. The van der Waals surface area contributed by atoms with E-state index in [1.54, 1.807) is 7.11 Å². The summed E-state index contributed by atoms with van der Waals surface area (Å²) in [4.78, 5) is 2.46. The predicted octanol–water partition coefficient (Wildman–Crippen LogP) is 2.67. The highest BCUT2D eigenvalue weighted by atomic mass is 35.5. The third kappa shape index (κ3) is 3.22. The number of methoxy groups -OCH3 is 1. The zero-order valence-corrected chi connectivity index (χ0v) is 12.1. The lowest BCUT2D eigenvalue weighted by Gasteiger charge is -2.19. The number of hydrogen-bond acceptors (Lipinski definition) is 3. The van der Waals surface area contributed by atoms with Gasteiger partial charge >= 0.3 is 0 Å². The molecule has 1 aliphatic carbocycles. The highest BCUT2D eigenvalue weighted by Gasteiger charge is 2.29. The zero-order chi connectivity index (χ0) is 13.2. The predicted molar refractivity (Wildman–Crippen MR) is 77.8 cm³/mol. The van der Waals surface area contributed by atoms with Gasteiger partial charge in [0.05, 0.1) is 7.11 Å². The molecule has 0 radical (unpaired) electrons. The van der Waals surface area contributed by atoms with E-state index in [2.05, 4.69) is 10.2 Å². The highest BCUT2D eigenvalue weighted by Crippen LogP contribution is 2.29. The summed E-state index contributed by atoms with van der Waals surface area (Å²) >= 11 is 6.30. The summed E-state index contributed by atoms with van der Waals surface area (Å²) in [6.45, 7) is 3.13. The Morgan fingerprint density at radius 2 is 2.16 bits per heavy atom. The molecule has 0 spiro atoms. The van der Waals surface area contributed by atoms with Gasteiger partial charge in [0.2, 0.25) is 0 Å². The fourth-order valence-corrected chi connectivity index (χ4v) is 3.03. The van der Waals surface area contributed by atoms with Crippen LogP contribution in [0.5, 0.6) is 5.75 Å². The van der Waals surface area contributed by atoms with E-state index in [1.807, 2.05) is 18.2 Å². The van der Waals surface area contributed by atoms with Gasteiger partial charge in [0.25, 0.3) is 0 Å². The molecule has 1 atom stereocenters. The number of halogens is 1. The van der Waals surface area contributed by atoms with Crippen LogP contribution in [-0.2, 0) is 6.54 Å². The first-order valence-corrected chi connectivity index (χ1v) is 7.44. The number of nitrogens with one attached hydrogen (secondary N) is 1. The molecule has 1 aromatic carbocycles. The molecule has 1 aromatic rings. The Hall–Kier alpha value is -0.770. The normalized spacial score (nSPS) is 23.8. The van der Waals surface area contributed by atoms with Crippen LogP contribution in [-0.4, -0.2) is 37.2 Å². The summed E-state index contributed by atoms with van der Waals surface area (Å²) in [5.41, 5.74) is 1.11. The topological polar surface area (TPSA) is 24.5 Å². The smallest absolute Gasteiger partial charge is 0.124 e. The average Bonchev–Trinajstić information content (AvgIpc) is 3.11. The van der Waals surface area contributed by atoms with Crippen molar-refractivity contribution in [2.45, 2.75) is 37.9 Å². The van der Waals surface area contributed by atoms with Crippen LogP contribution in [0.4, 0.5) is 0 Å². The van der Waals surface area contributed by atoms with Crippen molar-refractivity contribution in [2.75, 3.05) is 20.2 Å². The van der Waals surface area contributed by atoms with Crippen molar-refractivity contribution < 1.29 is 4.74 Å². The molecule has 3 rings (SSSR count). The Labute approximate surface area is 119 Å². The lowest BCUT2D eigenvalue weighted by molar-refractivity contribution is 0.311. The van der Waals surface area contributed by atoms with E-state index >= 15 is 0 Å². The summed E-state index contributed by atoms with van der Waals surface area (Å²) in [6, 6.07) is 7.31. The first kappa shape index (κ1) is 13.2. The van der Waals surface area contributed by atoms with E-state index in [0.29, 0.717) is 6.04 Å². The molecular formula is C15H21ClN2O. The summed E-state index contributed by atoms with van der Waals surface area (Å²) in [5, 5.41) is 4.51. The van der Waals surface area contributed by atoms with Gasteiger partial charge in [-0.2, -0.15) is 0 Å². The van der Waals surface area contributed by atoms with Gasteiger partial charge in [-0.3, -0.25) is 4.90 Å². The van der Waals surface area contributed by atoms with Crippen molar-refractivity contribution in [3.63, 3.8) is 0 Å². The van der Waals surface area contributed by atoms with Gasteiger partial charge in [-0.25, -0.2) is 0 Å². The maximum atomic E-state index is 6.30. The van der Waals surface area contributed by atoms with E-state index in [-0.39, 0.29) is 0 Å². The second-order valence-electron chi connectivity index (χ2n) is 5.58. The Kier molecular flexibility index (Phi) is 3.96. The molecule has 1 N–H and O–H groups in total. The molecule has 1 saturated heterocycles.